The molecule has 0 amide bonds. The van der Waals surface area contributed by atoms with Crippen molar-refractivity contribution >= 4 is 15.9 Å². The summed E-state index contributed by atoms with van der Waals surface area (Å²) in [6.07, 6.45) is 2.65. The zero-order valence-corrected chi connectivity index (χ0v) is 11.8. The lowest BCUT2D eigenvalue weighted by molar-refractivity contribution is 0.458. The molecule has 0 aliphatic rings. The lowest BCUT2D eigenvalue weighted by atomic mass is 10.1. The van der Waals surface area contributed by atoms with Crippen molar-refractivity contribution in [2.24, 2.45) is 5.73 Å². The first-order valence-corrected chi connectivity index (χ1v) is 6.57. The number of hydrogen-bond donors (Lipinski definition) is 1. The summed E-state index contributed by atoms with van der Waals surface area (Å²) < 4.78 is 6.76. The number of hydrogen-bond acceptors (Lipinski definition) is 3. The molecule has 1 aromatic heterocycles. The molecule has 18 heavy (non-hydrogen) atoms. The molecule has 2 rings (SSSR count). The number of aromatic nitrogens is 1. The van der Waals surface area contributed by atoms with Gasteiger partial charge in [-0.3, -0.25) is 0 Å². The molecule has 0 bridgehead atoms. The van der Waals surface area contributed by atoms with Crippen LogP contribution in [0.3, 0.4) is 0 Å². The molecular formula is C14H15BrN2O. The average molecular weight is 307 g/mol. The molecule has 0 aliphatic carbocycles. The Labute approximate surface area is 115 Å². The van der Waals surface area contributed by atoms with Gasteiger partial charge in [-0.1, -0.05) is 15.9 Å². The Morgan fingerprint density at radius 2 is 2.00 bits per heavy atom. The number of pyridine rings is 1. The van der Waals surface area contributed by atoms with Crippen molar-refractivity contribution in [2.75, 3.05) is 6.54 Å². The Balaban J connectivity index is 2.16. The summed E-state index contributed by atoms with van der Waals surface area (Å²) in [5.41, 5.74) is 7.68. The quantitative estimate of drug-likeness (QED) is 0.941. The third-order valence-corrected chi connectivity index (χ3v) is 3.08. The predicted octanol–water partition coefficient (Wildman–Crippen LogP) is 3.45. The second kappa shape index (κ2) is 5.98. The largest absolute Gasteiger partial charge is 0.439 e. The average Bonchev–Trinajstić information content (AvgIpc) is 2.36. The fourth-order valence-electron chi connectivity index (χ4n) is 1.64. The normalized spacial score (nSPS) is 10.4. The molecule has 0 saturated heterocycles. The number of nitrogens with zero attached hydrogens (tertiary/aromatic N) is 1. The maximum atomic E-state index is 5.73. The number of rotatable bonds is 4. The molecule has 0 radical (unpaired) electrons. The number of halogens is 1. The van der Waals surface area contributed by atoms with Crippen LogP contribution in [0.1, 0.15) is 11.1 Å². The van der Waals surface area contributed by atoms with E-state index < -0.39 is 0 Å². The molecule has 0 saturated carbocycles. The SMILES string of the molecule is Cc1cc(CCN)cnc1Oc1ccc(Br)cc1. The standard InChI is InChI=1S/C14H15BrN2O/c1-10-8-11(6-7-16)9-17-14(10)18-13-4-2-12(15)3-5-13/h2-5,8-9H,6-7,16H2,1H3. The highest BCUT2D eigenvalue weighted by Gasteiger charge is 2.04. The lowest BCUT2D eigenvalue weighted by Crippen LogP contribution is -2.03. The van der Waals surface area contributed by atoms with Gasteiger partial charge in [0.05, 0.1) is 0 Å². The summed E-state index contributed by atoms with van der Waals surface area (Å²) in [5, 5.41) is 0. The first kappa shape index (κ1) is 13.1. The Morgan fingerprint density at radius 3 is 2.61 bits per heavy atom. The molecule has 0 spiro atoms. The van der Waals surface area contributed by atoms with Crippen LogP contribution in [0, 0.1) is 6.92 Å². The zero-order valence-electron chi connectivity index (χ0n) is 10.2. The number of benzene rings is 1. The van der Waals surface area contributed by atoms with E-state index in [1.54, 1.807) is 0 Å². The van der Waals surface area contributed by atoms with Crippen LogP contribution in [0.2, 0.25) is 0 Å². The third kappa shape index (κ3) is 3.31. The minimum Gasteiger partial charge on any atom is -0.439 e. The molecule has 2 aromatic rings. The topological polar surface area (TPSA) is 48.1 Å². The van der Waals surface area contributed by atoms with Crippen molar-refractivity contribution in [1.82, 2.24) is 4.98 Å². The van der Waals surface area contributed by atoms with Gasteiger partial charge in [-0.15, -0.1) is 0 Å². The maximum absolute atomic E-state index is 5.73. The lowest BCUT2D eigenvalue weighted by Gasteiger charge is -2.09. The van der Waals surface area contributed by atoms with E-state index in [-0.39, 0.29) is 0 Å². The van der Waals surface area contributed by atoms with Gasteiger partial charge in [-0.25, -0.2) is 4.98 Å². The van der Waals surface area contributed by atoms with Crippen molar-refractivity contribution in [3.63, 3.8) is 0 Å². The van der Waals surface area contributed by atoms with Crippen LogP contribution in [0.5, 0.6) is 11.6 Å². The maximum Gasteiger partial charge on any atom is 0.222 e. The molecule has 3 nitrogen and oxygen atoms in total. The van der Waals surface area contributed by atoms with Crippen molar-refractivity contribution in [3.8, 4) is 11.6 Å². The number of nitrogens with two attached hydrogens (primary N) is 1. The van der Waals surface area contributed by atoms with Crippen LogP contribution in [0.25, 0.3) is 0 Å². The molecule has 4 heteroatoms. The summed E-state index contributed by atoms with van der Waals surface area (Å²) in [6, 6.07) is 9.74. The predicted molar refractivity (Wildman–Crippen MR) is 75.9 cm³/mol. The summed E-state index contributed by atoms with van der Waals surface area (Å²) >= 11 is 3.39. The Morgan fingerprint density at radius 1 is 1.28 bits per heavy atom. The molecule has 1 aromatic carbocycles. The molecule has 0 fully saturated rings. The fourth-order valence-corrected chi connectivity index (χ4v) is 1.91. The molecule has 2 N–H and O–H groups in total. The van der Waals surface area contributed by atoms with Crippen molar-refractivity contribution in [1.29, 1.82) is 0 Å². The molecule has 0 unspecified atom stereocenters. The van der Waals surface area contributed by atoms with Crippen LogP contribution in [-0.2, 0) is 6.42 Å². The molecule has 1 heterocycles. The molecule has 0 atom stereocenters. The summed E-state index contributed by atoms with van der Waals surface area (Å²) in [6.45, 7) is 2.62. The van der Waals surface area contributed by atoms with Crippen LogP contribution >= 0.6 is 15.9 Å². The van der Waals surface area contributed by atoms with E-state index in [4.69, 9.17) is 10.5 Å². The Kier molecular flexibility index (Phi) is 4.33. The third-order valence-electron chi connectivity index (χ3n) is 2.55. The highest BCUT2D eigenvalue weighted by Crippen LogP contribution is 2.24. The van der Waals surface area contributed by atoms with E-state index in [0.29, 0.717) is 12.4 Å². The summed E-state index contributed by atoms with van der Waals surface area (Å²) in [4.78, 5) is 4.33. The first-order chi connectivity index (χ1) is 8.69. The Bertz CT molecular complexity index is 526. The van der Waals surface area contributed by atoms with Crippen molar-refractivity contribution in [2.45, 2.75) is 13.3 Å². The summed E-state index contributed by atoms with van der Waals surface area (Å²) in [5.74, 6) is 1.42. The Hall–Kier alpha value is -1.39. The van der Waals surface area contributed by atoms with Gasteiger partial charge < -0.3 is 10.5 Å². The highest BCUT2D eigenvalue weighted by atomic mass is 79.9. The first-order valence-electron chi connectivity index (χ1n) is 5.78. The van der Waals surface area contributed by atoms with Crippen molar-refractivity contribution in [3.05, 3.63) is 52.1 Å². The molecule has 94 valence electrons. The van der Waals surface area contributed by atoms with Crippen LogP contribution < -0.4 is 10.5 Å². The van der Waals surface area contributed by atoms with Crippen LogP contribution in [0.4, 0.5) is 0 Å². The smallest absolute Gasteiger partial charge is 0.222 e. The summed E-state index contributed by atoms with van der Waals surface area (Å²) in [7, 11) is 0. The van der Waals surface area contributed by atoms with Gasteiger partial charge in [0.25, 0.3) is 0 Å². The molecular weight excluding hydrogens is 292 g/mol. The van der Waals surface area contributed by atoms with E-state index in [1.807, 2.05) is 37.4 Å². The van der Waals surface area contributed by atoms with E-state index in [2.05, 4.69) is 27.0 Å². The second-order valence-electron chi connectivity index (χ2n) is 4.06. The van der Waals surface area contributed by atoms with Gasteiger partial charge >= 0.3 is 0 Å². The van der Waals surface area contributed by atoms with Gasteiger partial charge in [0.2, 0.25) is 5.88 Å². The number of aryl methyl sites for hydroxylation is 1. The van der Waals surface area contributed by atoms with Crippen LogP contribution in [0.15, 0.2) is 41.0 Å². The minimum atomic E-state index is 0.633. The van der Waals surface area contributed by atoms with Gasteiger partial charge in [0.1, 0.15) is 5.75 Å². The van der Waals surface area contributed by atoms with Gasteiger partial charge in [0.15, 0.2) is 0 Å². The molecule has 0 aliphatic heterocycles. The van der Waals surface area contributed by atoms with E-state index >= 15 is 0 Å². The minimum absolute atomic E-state index is 0.633. The van der Waals surface area contributed by atoms with E-state index in [1.165, 1.54) is 0 Å². The van der Waals surface area contributed by atoms with E-state index in [9.17, 15) is 0 Å². The van der Waals surface area contributed by atoms with Crippen LogP contribution in [-0.4, -0.2) is 11.5 Å². The van der Waals surface area contributed by atoms with Gasteiger partial charge in [-0.05, 0) is 55.8 Å². The monoisotopic (exact) mass is 306 g/mol. The van der Waals surface area contributed by atoms with E-state index in [0.717, 1.165) is 27.8 Å². The fraction of sp³-hybridized carbons (Fsp3) is 0.214. The second-order valence-corrected chi connectivity index (χ2v) is 4.98. The highest BCUT2D eigenvalue weighted by molar-refractivity contribution is 9.10. The van der Waals surface area contributed by atoms with Gasteiger partial charge in [0, 0.05) is 16.2 Å². The zero-order chi connectivity index (χ0) is 13.0. The van der Waals surface area contributed by atoms with Gasteiger partial charge in [-0.2, -0.15) is 0 Å². The number of ether oxygens (including phenoxy) is 1. The van der Waals surface area contributed by atoms with Crippen molar-refractivity contribution < 1.29 is 4.74 Å².